The predicted molar refractivity (Wildman–Crippen MR) is 58.4 cm³/mol. The Balaban J connectivity index is 2.71. The average molecular weight is 226 g/mol. The summed E-state index contributed by atoms with van der Waals surface area (Å²) >= 11 is 0. The monoisotopic (exact) mass is 226 g/mol. The van der Waals surface area contributed by atoms with Gasteiger partial charge in [0, 0.05) is 20.1 Å². The van der Waals surface area contributed by atoms with E-state index >= 15 is 0 Å². The minimum absolute atomic E-state index is 0.0138. The molecule has 0 N–H and O–H groups in total. The second-order valence-electron chi connectivity index (χ2n) is 3.36. The molecule has 1 aromatic carbocycles. The van der Waals surface area contributed by atoms with Crippen LogP contribution < -0.4 is 4.74 Å². The molecular weight excluding hydrogens is 211 g/mol. The highest BCUT2D eigenvalue weighted by molar-refractivity contribution is 5.97. The summed E-state index contributed by atoms with van der Waals surface area (Å²) in [5.41, 5.74) is 0.0138. The molecule has 88 valence electrons. The number of benzene rings is 1. The van der Waals surface area contributed by atoms with Gasteiger partial charge in [-0.15, -0.1) is 0 Å². The van der Waals surface area contributed by atoms with Crippen LogP contribution in [0, 0.1) is 5.82 Å². The number of hydrogen-bond donors (Lipinski definition) is 0. The average Bonchev–Trinajstić information content (AvgIpc) is 2.24. The van der Waals surface area contributed by atoms with Crippen molar-refractivity contribution in [1.29, 1.82) is 0 Å². The zero-order valence-corrected chi connectivity index (χ0v) is 9.46. The van der Waals surface area contributed by atoms with E-state index in [-0.39, 0.29) is 11.3 Å². The topological polar surface area (TPSA) is 35.5 Å². The summed E-state index contributed by atoms with van der Waals surface area (Å²) in [6.07, 6.45) is 0.699. The molecule has 0 fully saturated rings. The fourth-order valence-corrected chi connectivity index (χ4v) is 1.35. The number of halogens is 1. The van der Waals surface area contributed by atoms with Crippen LogP contribution >= 0.6 is 0 Å². The molecule has 0 unspecified atom stereocenters. The van der Waals surface area contributed by atoms with Gasteiger partial charge in [-0.2, -0.15) is 0 Å². The smallest absolute Gasteiger partial charge is 0.166 e. The van der Waals surface area contributed by atoms with Crippen LogP contribution in [0.25, 0.3) is 0 Å². The molecular formula is C12H15FO3. The van der Waals surface area contributed by atoms with Crippen LogP contribution in [0.4, 0.5) is 4.39 Å². The number of ketones is 1. The van der Waals surface area contributed by atoms with Crippen molar-refractivity contribution < 1.29 is 18.7 Å². The Morgan fingerprint density at radius 3 is 2.75 bits per heavy atom. The van der Waals surface area contributed by atoms with Crippen LogP contribution in [0.15, 0.2) is 18.2 Å². The lowest BCUT2D eigenvalue weighted by Crippen LogP contribution is -2.06. The Morgan fingerprint density at radius 2 is 2.12 bits per heavy atom. The number of ether oxygens (including phenoxy) is 2. The molecule has 4 heteroatoms. The van der Waals surface area contributed by atoms with Crippen molar-refractivity contribution in [3.8, 4) is 5.75 Å². The first-order valence-corrected chi connectivity index (χ1v) is 5.08. The molecule has 0 saturated carbocycles. The Kier molecular flexibility index (Phi) is 4.92. The first kappa shape index (κ1) is 12.6. The predicted octanol–water partition coefficient (Wildman–Crippen LogP) is 2.44. The molecule has 0 heterocycles. The van der Waals surface area contributed by atoms with E-state index in [4.69, 9.17) is 9.47 Å². The van der Waals surface area contributed by atoms with Crippen molar-refractivity contribution in [3.05, 3.63) is 29.6 Å². The van der Waals surface area contributed by atoms with Crippen molar-refractivity contribution in [3.63, 3.8) is 0 Å². The Morgan fingerprint density at radius 1 is 1.38 bits per heavy atom. The third kappa shape index (κ3) is 3.31. The van der Waals surface area contributed by atoms with Crippen LogP contribution in [0.2, 0.25) is 0 Å². The molecule has 0 radical (unpaired) electrons. The van der Waals surface area contributed by atoms with Gasteiger partial charge in [-0.05, 0) is 19.1 Å². The van der Waals surface area contributed by atoms with E-state index in [0.29, 0.717) is 25.4 Å². The Bertz CT molecular complexity index is 363. The van der Waals surface area contributed by atoms with Gasteiger partial charge in [0.2, 0.25) is 0 Å². The number of hydrogen-bond acceptors (Lipinski definition) is 3. The zero-order valence-electron chi connectivity index (χ0n) is 9.46. The lowest BCUT2D eigenvalue weighted by Gasteiger charge is -2.09. The lowest BCUT2D eigenvalue weighted by atomic mass is 10.1. The third-order valence-electron chi connectivity index (χ3n) is 2.08. The maximum atomic E-state index is 13.4. The van der Waals surface area contributed by atoms with Gasteiger partial charge in [-0.1, -0.05) is 6.07 Å². The number of methoxy groups -OCH3 is 1. The molecule has 0 aliphatic carbocycles. The maximum Gasteiger partial charge on any atom is 0.166 e. The summed E-state index contributed by atoms with van der Waals surface area (Å²) in [5, 5.41) is 0. The van der Waals surface area contributed by atoms with Crippen LogP contribution in [0.1, 0.15) is 23.7 Å². The van der Waals surface area contributed by atoms with Crippen molar-refractivity contribution in [1.82, 2.24) is 0 Å². The van der Waals surface area contributed by atoms with Crippen molar-refractivity contribution in [2.24, 2.45) is 0 Å². The Hall–Kier alpha value is -1.42. The van der Waals surface area contributed by atoms with Crippen molar-refractivity contribution >= 4 is 5.78 Å². The highest BCUT2D eigenvalue weighted by Gasteiger charge is 2.13. The van der Waals surface area contributed by atoms with E-state index in [1.54, 1.807) is 13.2 Å². The SMILES string of the molecule is COCCCOc1cccc(F)c1C(C)=O. The molecule has 0 saturated heterocycles. The van der Waals surface area contributed by atoms with Gasteiger partial charge < -0.3 is 9.47 Å². The quantitative estimate of drug-likeness (QED) is 0.552. The molecule has 0 spiro atoms. The van der Waals surface area contributed by atoms with Gasteiger partial charge in [-0.25, -0.2) is 4.39 Å². The molecule has 0 bridgehead atoms. The second kappa shape index (κ2) is 6.23. The van der Waals surface area contributed by atoms with Gasteiger partial charge >= 0.3 is 0 Å². The molecule has 0 atom stereocenters. The fourth-order valence-electron chi connectivity index (χ4n) is 1.35. The summed E-state index contributed by atoms with van der Waals surface area (Å²) < 4.78 is 23.6. The fraction of sp³-hybridized carbons (Fsp3) is 0.417. The number of Topliss-reactive ketones (excluding diaryl/α,β-unsaturated/α-hetero) is 1. The summed E-state index contributed by atoms with van der Waals surface area (Å²) in [4.78, 5) is 11.2. The summed E-state index contributed by atoms with van der Waals surface area (Å²) in [6, 6.07) is 4.36. The van der Waals surface area contributed by atoms with E-state index in [9.17, 15) is 9.18 Å². The van der Waals surface area contributed by atoms with Gasteiger partial charge in [0.05, 0.1) is 12.2 Å². The molecule has 0 aromatic heterocycles. The van der Waals surface area contributed by atoms with Gasteiger partial charge in [0.25, 0.3) is 0 Å². The van der Waals surface area contributed by atoms with Crippen LogP contribution in [0.3, 0.4) is 0 Å². The molecule has 1 rings (SSSR count). The van der Waals surface area contributed by atoms with Crippen molar-refractivity contribution in [2.75, 3.05) is 20.3 Å². The molecule has 16 heavy (non-hydrogen) atoms. The van der Waals surface area contributed by atoms with E-state index in [1.165, 1.54) is 19.1 Å². The normalized spacial score (nSPS) is 10.2. The van der Waals surface area contributed by atoms with E-state index in [2.05, 4.69) is 0 Å². The van der Waals surface area contributed by atoms with E-state index in [1.807, 2.05) is 0 Å². The first-order chi connectivity index (χ1) is 7.66. The molecule has 0 amide bonds. The molecule has 1 aromatic rings. The summed E-state index contributed by atoms with van der Waals surface area (Å²) in [6.45, 7) is 2.29. The van der Waals surface area contributed by atoms with Crippen molar-refractivity contribution in [2.45, 2.75) is 13.3 Å². The van der Waals surface area contributed by atoms with Crippen LogP contribution in [0.5, 0.6) is 5.75 Å². The Labute approximate surface area is 94.2 Å². The minimum Gasteiger partial charge on any atom is -0.493 e. The van der Waals surface area contributed by atoms with Crippen LogP contribution in [-0.2, 0) is 4.74 Å². The molecule has 0 aliphatic heterocycles. The second-order valence-corrected chi connectivity index (χ2v) is 3.36. The number of carbonyl (C=O) groups is 1. The van der Waals surface area contributed by atoms with Gasteiger partial charge in [0.1, 0.15) is 11.6 Å². The molecule has 0 aliphatic rings. The first-order valence-electron chi connectivity index (χ1n) is 5.08. The van der Waals surface area contributed by atoms with E-state index < -0.39 is 5.82 Å². The number of rotatable bonds is 6. The number of carbonyl (C=O) groups excluding carboxylic acids is 1. The highest BCUT2D eigenvalue weighted by Crippen LogP contribution is 2.22. The van der Waals surface area contributed by atoms with Gasteiger partial charge in [-0.3, -0.25) is 4.79 Å². The highest BCUT2D eigenvalue weighted by atomic mass is 19.1. The molecule has 3 nitrogen and oxygen atoms in total. The summed E-state index contributed by atoms with van der Waals surface area (Å²) in [5.74, 6) is -0.583. The standard InChI is InChI=1S/C12H15FO3/c1-9(14)12-10(13)5-3-6-11(12)16-8-4-7-15-2/h3,5-6H,4,7-8H2,1-2H3. The van der Waals surface area contributed by atoms with E-state index in [0.717, 1.165) is 0 Å². The largest absolute Gasteiger partial charge is 0.493 e. The summed E-state index contributed by atoms with van der Waals surface area (Å²) in [7, 11) is 1.60. The minimum atomic E-state index is -0.545. The maximum absolute atomic E-state index is 13.4. The van der Waals surface area contributed by atoms with Crippen LogP contribution in [-0.4, -0.2) is 26.1 Å². The lowest BCUT2D eigenvalue weighted by molar-refractivity contribution is 0.100. The third-order valence-corrected chi connectivity index (χ3v) is 2.08. The zero-order chi connectivity index (χ0) is 12.0. The van der Waals surface area contributed by atoms with Gasteiger partial charge in [0.15, 0.2) is 5.78 Å².